The van der Waals surface area contributed by atoms with E-state index in [2.05, 4.69) is 18.9 Å². The minimum absolute atomic E-state index is 0.0242. The third-order valence-corrected chi connectivity index (χ3v) is 5.67. The van der Waals surface area contributed by atoms with Gasteiger partial charge in [0.1, 0.15) is 25.1 Å². The Hall–Kier alpha value is -2.96. The van der Waals surface area contributed by atoms with Crippen LogP contribution in [0.2, 0.25) is 0 Å². The zero-order valence-electron chi connectivity index (χ0n) is 22.4. The van der Waals surface area contributed by atoms with Gasteiger partial charge in [-0.25, -0.2) is 0 Å². The first kappa shape index (κ1) is 38.1. The van der Waals surface area contributed by atoms with Crippen LogP contribution in [0.25, 0.3) is 0 Å². The van der Waals surface area contributed by atoms with Gasteiger partial charge in [0.15, 0.2) is 0 Å². The lowest BCUT2D eigenvalue weighted by molar-refractivity contribution is -0.401. The molecule has 0 saturated heterocycles. The zero-order chi connectivity index (χ0) is 33.5. The summed E-state index contributed by atoms with van der Waals surface area (Å²) < 4.78 is 175. The van der Waals surface area contributed by atoms with Crippen molar-refractivity contribution in [2.45, 2.75) is 55.7 Å². The molecule has 0 saturated carbocycles. The van der Waals surface area contributed by atoms with E-state index in [1.807, 2.05) is 0 Å². The van der Waals surface area contributed by atoms with Crippen LogP contribution >= 0.6 is 0 Å². The Kier molecular flexibility index (Phi) is 12.6. The number of alkyl halides is 12. The van der Waals surface area contributed by atoms with Crippen molar-refractivity contribution in [2.24, 2.45) is 0 Å². The van der Waals surface area contributed by atoms with E-state index in [9.17, 15) is 62.9 Å². The third kappa shape index (κ3) is 7.96. The van der Waals surface area contributed by atoms with Crippen molar-refractivity contribution in [3.05, 3.63) is 59.2 Å². The highest BCUT2D eigenvalue weighted by molar-refractivity contribution is 5.41. The number of methoxy groups -OCH3 is 2. The van der Waals surface area contributed by atoms with Crippen LogP contribution in [0.3, 0.4) is 0 Å². The van der Waals surface area contributed by atoms with Crippen molar-refractivity contribution in [3.63, 3.8) is 0 Å². The topological polar surface area (TPSA) is 77.4 Å². The summed E-state index contributed by atoms with van der Waals surface area (Å²) in [6.07, 6.45) is -22.7. The number of para-hydroxylation sites is 1. The molecule has 2 N–H and O–H groups in total. The first-order valence-corrected chi connectivity index (χ1v) is 11.7. The van der Waals surface area contributed by atoms with Gasteiger partial charge in [0, 0.05) is 25.3 Å². The summed E-state index contributed by atoms with van der Waals surface area (Å²) in [5, 5.41) is 18.9. The van der Waals surface area contributed by atoms with Crippen LogP contribution in [-0.4, -0.2) is 62.7 Å². The second-order valence-corrected chi connectivity index (χ2v) is 8.57. The molecule has 0 aromatic heterocycles. The van der Waals surface area contributed by atoms with Crippen molar-refractivity contribution in [2.75, 3.05) is 27.8 Å². The highest BCUT2D eigenvalue weighted by Crippen LogP contribution is 2.55. The summed E-state index contributed by atoms with van der Waals surface area (Å²) >= 11 is 0. The number of benzene rings is 2. The Bertz CT molecular complexity index is 1130. The lowest BCUT2D eigenvalue weighted by atomic mass is 9.89. The molecule has 0 amide bonds. The molecule has 0 atom stereocenters. The van der Waals surface area contributed by atoms with Crippen LogP contribution in [-0.2, 0) is 36.6 Å². The third-order valence-electron chi connectivity index (χ3n) is 5.67. The Morgan fingerprint density at radius 2 is 1.05 bits per heavy atom. The summed E-state index contributed by atoms with van der Waals surface area (Å²) in [5.41, 5.74) is -11.8. The fraction of sp³-hybridized carbons (Fsp3) is 0.520. The average Bonchev–Trinajstić information content (AvgIpc) is 2.85. The summed E-state index contributed by atoms with van der Waals surface area (Å²) in [6.45, 7) is -0.787. The molecular formula is C25H26F12O6. The summed E-state index contributed by atoms with van der Waals surface area (Å²) in [6, 6.07) is 5.22. The van der Waals surface area contributed by atoms with E-state index < -0.39 is 66.4 Å². The minimum atomic E-state index is -5.84. The fourth-order valence-electron chi connectivity index (χ4n) is 3.78. The number of phenolic OH excluding ortho intramolecular Hbond substituents is 2. The van der Waals surface area contributed by atoms with Crippen LogP contribution in [0.5, 0.6) is 11.5 Å². The van der Waals surface area contributed by atoms with Gasteiger partial charge in [0.05, 0.1) is 0 Å². The summed E-state index contributed by atoms with van der Waals surface area (Å²) in [7, 11) is 1.79. The Morgan fingerprint density at radius 3 is 1.44 bits per heavy atom. The van der Waals surface area contributed by atoms with Gasteiger partial charge in [-0.15, -0.1) is 0 Å². The first-order valence-electron chi connectivity index (χ1n) is 11.7. The number of rotatable bonds is 10. The number of phenols is 2. The molecule has 43 heavy (non-hydrogen) atoms. The highest BCUT2D eigenvalue weighted by atomic mass is 19.4. The van der Waals surface area contributed by atoms with E-state index in [0.717, 1.165) is 32.4 Å². The predicted molar refractivity (Wildman–Crippen MR) is 124 cm³/mol. The van der Waals surface area contributed by atoms with E-state index in [1.165, 1.54) is 0 Å². The molecule has 0 fully saturated rings. The van der Waals surface area contributed by atoms with Gasteiger partial charge in [-0.1, -0.05) is 37.6 Å². The predicted octanol–water partition coefficient (Wildman–Crippen LogP) is 7.62. The highest BCUT2D eigenvalue weighted by Gasteiger charge is 2.75. The van der Waals surface area contributed by atoms with Crippen molar-refractivity contribution >= 4 is 0 Å². The van der Waals surface area contributed by atoms with Crippen molar-refractivity contribution in [1.82, 2.24) is 0 Å². The lowest BCUT2D eigenvalue weighted by Gasteiger charge is -2.37. The molecule has 0 unspecified atom stereocenters. The molecule has 0 spiro atoms. The van der Waals surface area contributed by atoms with E-state index in [4.69, 9.17) is 0 Å². The van der Waals surface area contributed by atoms with Crippen molar-refractivity contribution < 1.29 is 81.8 Å². The second-order valence-electron chi connectivity index (χ2n) is 8.57. The van der Waals surface area contributed by atoms with Gasteiger partial charge in [-0.05, 0) is 30.2 Å². The monoisotopic (exact) mass is 650 g/mol. The normalized spacial score (nSPS) is 13.5. The van der Waals surface area contributed by atoms with Gasteiger partial charge in [0.25, 0.3) is 11.2 Å². The van der Waals surface area contributed by atoms with Crippen LogP contribution in [0.1, 0.15) is 30.0 Å². The quantitative estimate of drug-likeness (QED) is 0.204. The molecule has 2 aromatic carbocycles. The number of halogens is 12. The standard InChI is InChI=1S/C14H16F6O3.C11H10F6O3/c1-3-4-9-7-10(5-6-11(9)21)12(13(15,16)17,14(18,19)20)23-8-22-2;1-19-6-20-9(10(12,13)14,11(15,16)17)7-4-2-3-5-8(7)18/h5-7,21H,3-4,8H2,1-2H3;2-5,18H,6H2,1H3. The van der Waals surface area contributed by atoms with E-state index in [0.29, 0.717) is 30.7 Å². The molecule has 246 valence electrons. The van der Waals surface area contributed by atoms with Gasteiger partial charge in [-0.2, -0.15) is 52.7 Å². The molecule has 0 aliphatic carbocycles. The first-order chi connectivity index (χ1) is 19.6. The molecule has 0 bridgehead atoms. The van der Waals surface area contributed by atoms with Gasteiger partial charge in [0.2, 0.25) is 0 Å². The van der Waals surface area contributed by atoms with E-state index >= 15 is 0 Å². The van der Waals surface area contributed by atoms with E-state index in [1.54, 1.807) is 6.92 Å². The molecular weight excluding hydrogens is 624 g/mol. The van der Waals surface area contributed by atoms with Crippen LogP contribution in [0.15, 0.2) is 42.5 Å². The SMILES string of the molecule is CCCc1cc(C(OCOC)(C(F)(F)F)C(F)(F)F)ccc1O.COCOC(c1ccccc1O)(C(F)(F)F)C(F)(F)F. The minimum Gasteiger partial charge on any atom is -0.508 e. The van der Waals surface area contributed by atoms with Crippen molar-refractivity contribution in [3.8, 4) is 11.5 Å². The summed E-state index contributed by atoms with van der Waals surface area (Å²) in [4.78, 5) is 0. The number of ether oxygens (including phenoxy) is 4. The molecule has 0 aliphatic rings. The fourth-order valence-corrected chi connectivity index (χ4v) is 3.78. The number of aromatic hydroxyl groups is 2. The molecule has 18 heteroatoms. The van der Waals surface area contributed by atoms with Gasteiger partial charge >= 0.3 is 24.7 Å². The van der Waals surface area contributed by atoms with Crippen molar-refractivity contribution in [1.29, 1.82) is 0 Å². The molecule has 0 heterocycles. The molecule has 2 rings (SSSR count). The number of aryl methyl sites for hydroxylation is 1. The second kappa shape index (κ2) is 14.2. The van der Waals surface area contributed by atoms with Crippen LogP contribution in [0, 0.1) is 0 Å². The zero-order valence-corrected chi connectivity index (χ0v) is 22.4. The smallest absolute Gasteiger partial charge is 0.431 e. The average molecular weight is 650 g/mol. The van der Waals surface area contributed by atoms with Gasteiger partial charge < -0.3 is 29.2 Å². The largest absolute Gasteiger partial charge is 0.508 e. The summed E-state index contributed by atoms with van der Waals surface area (Å²) in [5.74, 6) is -1.56. The molecule has 0 aliphatic heterocycles. The van der Waals surface area contributed by atoms with Crippen LogP contribution < -0.4 is 0 Å². The van der Waals surface area contributed by atoms with E-state index in [-0.39, 0.29) is 17.7 Å². The maximum atomic E-state index is 13.3. The Balaban J connectivity index is 0.000000434. The number of hydrogen-bond acceptors (Lipinski definition) is 6. The van der Waals surface area contributed by atoms with Crippen LogP contribution in [0.4, 0.5) is 52.7 Å². The lowest BCUT2D eigenvalue weighted by Crippen LogP contribution is -2.56. The Labute approximate surface area is 236 Å². The number of hydrogen-bond donors (Lipinski definition) is 2. The Morgan fingerprint density at radius 1 is 0.605 bits per heavy atom. The molecule has 2 aromatic rings. The maximum absolute atomic E-state index is 13.3. The molecule has 6 nitrogen and oxygen atoms in total. The molecule has 0 radical (unpaired) electrons. The maximum Gasteiger partial charge on any atom is 0.431 e. The van der Waals surface area contributed by atoms with Gasteiger partial charge in [-0.3, -0.25) is 0 Å².